The minimum absolute atomic E-state index is 0.232. The lowest BCUT2D eigenvalue weighted by molar-refractivity contribution is -0.185. The first-order valence-corrected chi connectivity index (χ1v) is 11.0. The molecule has 11 nitrogen and oxygen atoms in total. The predicted molar refractivity (Wildman–Crippen MR) is 116 cm³/mol. The highest BCUT2D eigenvalue weighted by atomic mass is 16.8. The van der Waals surface area contributed by atoms with Gasteiger partial charge in [-0.2, -0.15) is 0 Å². The van der Waals surface area contributed by atoms with Gasteiger partial charge >= 0.3 is 23.9 Å². The van der Waals surface area contributed by atoms with Gasteiger partial charge in [0.2, 0.25) is 5.76 Å². The molecule has 190 valence electrons. The number of Topliss-reactive ketones (excluding diaryl/α,β-unsaturated/α-hetero) is 1. The predicted octanol–water partition coefficient (Wildman–Crippen LogP) is 1.79. The molecular formula is C24H28O11. The van der Waals surface area contributed by atoms with Crippen molar-refractivity contribution in [1.82, 2.24) is 0 Å². The van der Waals surface area contributed by atoms with Crippen LogP contribution >= 0.6 is 0 Å². The number of ketones is 1. The molecule has 0 N–H and O–H groups in total. The lowest BCUT2D eigenvalue weighted by Gasteiger charge is -2.36. The summed E-state index contributed by atoms with van der Waals surface area (Å²) >= 11 is 0. The van der Waals surface area contributed by atoms with Gasteiger partial charge in [0, 0.05) is 20.3 Å². The molecule has 1 fully saturated rings. The zero-order valence-corrected chi connectivity index (χ0v) is 20.4. The first-order valence-electron chi connectivity index (χ1n) is 11.0. The first kappa shape index (κ1) is 26.3. The summed E-state index contributed by atoms with van der Waals surface area (Å²) in [7, 11) is 0. The van der Waals surface area contributed by atoms with E-state index in [2.05, 4.69) is 0 Å². The molecule has 1 saturated heterocycles. The van der Waals surface area contributed by atoms with Crippen molar-refractivity contribution in [2.24, 2.45) is 5.41 Å². The summed E-state index contributed by atoms with van der Waals surface area (Å²) in [4.78, 5) is 60.6. The molecule has 35 heavy (non-hydrogen) atoms. The number of allylic oxidation sites excluding steroid dienone is 3. The van der Waals surface area contributed by atoms with Gasteiger partial charge in [-0.25, -0.2) is 9.59 Å². The summed E-state index contributed by atoms with van der Waals surface area (Å²) in [6, 6.07) is 0. The second-order valence-electron chi connectivity index (χ2n) is 8.96. The van der Waals surface area contributed by atoms with E-state index < -0.39 is 59.7 Å². The van der Waals surface area contributed by atoms with Crippen LogP contribution < -0.4 is 0 Å². The quantitative estimate of drug-likeness (QED) is 0.396. The van der Waals surface area contributed by atoms with Crippen LogP contribution in [0.25, 0.3) is 0 Å². The topological polar surface area (TPSA) is 141 Å². The van der Waals surface area contributed by atoms with Crippen molar-refractivity contribution >= 4 is 29.7 Å². The van der Waals surface area contributed by atoms with Crippen LogP contribution in [0.5, 0.6) is 0 Å². The van der Waals surface area contributed by atoms with Gasteiger partial charge in [-0.15, -0.1) is 0 Å². The fourth-order valence-electron chi connectivity index (χ4n) is 4.25. The van der Waals surface area contributed by atoms with Crippen LogP contribution in [0.3, 0.4) is 0 Å². The molecule has 0 aromatic carbocycles. The lowest BCUT2D eigenvalue weighted by atomic mass is 9.71. The highest BCUT2D eigenvalue weighted by Crippen LogP contribution is 2.41. The first-order chi connectivity index (χ1) is 16.4. The molecule has 0 spiro atoms. The minimum Gasteiger partial charge on any atom is -0.450 e. The Kier molecular flexibility index (Phi) is 7.61. The minimum atomic E-state index is -1.51. The summed E-state index contributed by atoms with van der Waals surface area (Å²) in [5, 5.41) is 0. The monoisotopic (exact) mass is 492 g/mol. The molecule has 2 unspecified atom stereocenters. The van der Waals surface area contributed by atoms with E-state index in [1.165, 1.54) is 0 Å². The maximum atomic E-state index is 12.8. The lowest BCUT2D eigenvalue weighted by Crippen LogP contribution is -2.41. The Balaban J connectivity index is 1.72. The van der Waals surface area contributed by atoms with Gasteiger partial charge in [-0.05, 0) is 30.4 Å². The number of esters is 4. The number of hydrogen-bond acceptors (Lipinski definition) is 11. The molecule has 0 bridgehead atoms. The molecule has 2 aliphatic heterocycles. The molecule has 0 amide bonds. The van der Waals surface area contributed by atoms with Gasteiger partial charge in [0.05, 0.1) is 6.61 Å². The second-order valence-corrected chi connectivity index (χ2v) is 8.96. The normalized spacial score (nSPS) is 28.4. The van der Waals surface area contributed by atoms with E-state index in [0.717, 1.165) is 19.4 Å². The van der Waals surface area contributed by atoms with E-state index in [-0.39, 0.29) is 24.6 Å². The Labute approximate surface area is 202 Å². The van der Waals surface area contributed by atoms with Gasteiger partial charge in [-0.3, -0.25) is 14.4 Å². The van der Waals surface area contributed by atoms with Crippen LogP contribution in [0.4, 0.5) is 0 Å². The smallest absolute Gasteiger partial charge is 0.378 e. The van der Waals surface area contributed by atoms with E-state index >= 15 is 0 Å². The van der Waals surface area contributed by atoms with Crippen molar-refractivity contribution in [2.45, 2.75) is 72.6 Å². The van der Waals surface area contributed by atoms with E-state index in [1.807, 2.05) is 32.9 Å². The van der Waals surface area contributed by atoms with E-state index in [4.69, 9.17) is 28.4 Å². The average Bonchev–Trinajstić information content (AvgIpc) is 3.35. The third-order valence-corrected chi connectivity index (χ3v) is 5.72. The van der Waals surface area contributed by atoms with E-state index in [9.17, 15) is 24.0 Å². The van der Waals surface area contributed by atoms with Crippen molar-refractivity contribution in [3.05, 3.63) is 34.8 Å². The molecule has 0 saturated carbocycles. The SMILES string of the molecule is C/C=C\C1=C(C)C(=O)C(OC(=O)C2OC[C@@H]([C@H]3OC(=O)C(OC(C)=O)=C3OC(C)=O)O2)CC1(C)C. The number of carbonyl (C=O) groups is 5. The molecule has 11 heteroatoms. The molecule has 3 aliphatic rings. The van der Waals surface area contributed by atoms with Crippen molar-refractivity contribution in [3.8, 4) is 0 Å². The number of ether oxygens (including phenoxy) is 6. The number of hydrogen-bond donors (Lipinski definition) is 0. The largest absolute Gasteiger partial charge is 0.450 e. The van der Waals surface area contributed by atoms with Crippen molar-refractivity contribution in [2.75, 3.05) is 6.61 Å². The summed E-state index contributed by atoms with van der Waals surface area (Å²) in [5.74, 6) is -4.83. The van der Waals surface area contributed by atoms with Crippen LogP contribution in [0, 0.1) is 5.41 Å². The third-order valence-electron chi connectivity index (χ3n) is 5.72. The summed E-state index contributed by atoms with van der Waals surface area (Å²) in [6.07, 6.45) is -0.901. The molecule has 0 radical (unpaired) electrons. The Morgan fingerprint density at radius 2 is 1.74 bits per heavy atom. The summed E-state index contributed by atoms with van der Waals surface area (Å²) in [5.41, 5.74) is 0.974. The Bertz CT molecular complexity index is 1050. The maximum Gasteiger partial charge on any atom is 0.378 e. The molecule has 1 aliphatic carbocycles. The standard InChI is InChI=1S/C24H28O11/c1-7-8-14-11(2)17(27)15(9-24(14,5)6)33-22(29)23-30-10-16(34-23)18-19(31-12(3)25)20(21(28)35-18)32-13(4)26/h7-8,15-16,18,23H,9-10H2,1-6H3/b8-7-/t15?,16-,18+,23?/m0/s1. The molecule has 0 aromatic heterocycles. The zero-order valence-electron chi connectivity index (χ0n) is 20.4. The van der Waals surface area contributed by atoms with Gasteiger partial charge in [-0.1, -0.05) is 26.0 Å². The second kappa shape index (κ2) is 10.1. The maximum absolute atomic E-state index is 12.8. The van der Waals surface area contributed by atoms with Gasteiger partial charge in [0.25, 0.3) is 12.0 Å². The van der Waals surface area contributed by atoms with Crippen molar-refractivity contribution in [3.63, 3.8) is 0 Å². The van der Waals surface area contributed by atoms with Crippen molar-refractivity contribution in [1.29, 1.82) is 0 Å². The van der Waals surface area contributed by atoms with Crippen LogP contribution in [-0.2, 0) is 52.4 Å². The van der Waals surface area contributed by atoms with Gasteiger partial charge in [0.15, 0.2) is 18.0 Å². The molecule has 0 aromatic rings. The Morgan fingerprint density at radius 1 is 1.09 bits per heavy atom. The van der Waals surface area contributed by atoms with Gasteiger partial charge < -0.3 is 28.4 Å². The van der Waals surface area contributed by atoms with E-state index in [0.29, 0.717) is 5.57 Å². The fraction of sp³-hybridized carbons (Fsp3) is 0.542. The zero-order chi connectivity index (χ0) is 26.1. The number of rotatable bonds is 6. The molecule has 2 heterocycles. The van der Waals surface area contributed by atoms with E-state index in [1.54, 1.807) is 6.92 Å². The Hall–Kier alpha value is -3.31. The van der Waals surface area contributed by atoms with Gasteiger partial charge in [0.1, 0.15) is 6.10 Å². The highest BCUT2D eigenvalue weighted by molar-refractivity contribution is 6.01. The number of carbonyl (C=O) groups excluding carboxylic acids is 5. The number of cyclic esters (lactones) is 1. The van der Waals surface area contributed by atoms with Crippen molar-refractivity contribution < 1.29 is 52.4 Å². The van der Waals surface area contributed by atoms with Crippen LogP contribution in [0.1, 0.15) is 48.0 Å². The third kappa shape index (κ3) is 5.51. The summed E-state index contributed by atoms with van der Waals surface area (Å²) < 4.78 is 31.4. The molecular weight excluding hydrogens is 464 g/mol. The highest BCUT2D eigenvalue weighted by Gasteiger charge is 2.49. The van der Waals surface area contributed by atoms with Crippen LogP contribution in [0.15, 0.2) is 34.8 Å². The Morgan fingerprint density at radius 3 is 2.34 bits per heavy atom. The molecule has 3 rings (SSSR count). The van der Waals surface area contributed by atoms with Crippen LogP contribution in [-0.4, -0.2) is 60.9 Å². The fourth-order valence-corrected chi connectivity index (χ4v) is 4.25. The average molecular weight is 492 g/mol. The summed E-state index contributed by atoms with van der Waals surface area (Å²) in [6.45, 7) is 9.38. The molecule has 4 atom stereocenters. The van der Waals surface area contributed by atoms with Crippen LogP contribution in [0.2, 0.25) is 0 Å².